The van der Waals surface area contributed by atoms with Gasteiger partial charge >= 0.3 is 5.97 Å². The van der Waals surface area contributed by atoms with Gasteiger partial charge in [0.15, 0.2) is 11.5 Å². The molecule has 164 valence electrons. The van der Waals surface area contributed by atoms with E-state index in [-0.39, 0.29) is 35.3 Å². The maximum atomic E-state index is 13.0. The van der Waals surface area contributed by atoms with Crippen molar-refractivity contribution in [1.82, 2.24) is 9.88 Å². The molecule has 0 saturated heterocycles. The van der Waals surface area contributed by atoms with Gasteiger partial charge in [0.2, 0.25) is 10.0 Å². The molecule has 1 aromatic heterocycles. The second kappa shape index (κ2) is 9.63. The molecule has 0 unspecified atom stereocenters. The predicted molar refractivity (Wildman–Crippen MR) is 111 cm³/mol. The van der Waals surface area contributed by atoms with Crippen LogP contribution in [0.3, 0.4) is 0 Å². The summed E-state index contributed by atoms with van der Waals surface area (Å²) in [5.41, 5.74) is 1.16. The zero-order valence-corrected chi connectivity index (χ0v) is 18.1. The van der Waals surface area contributed by atoms with Crippen LogP contribution in [0.1, 0.15) is 23.0 Å². The van der Waals surface area contributed by atoms with Crippen LogP contribution in [-0.4, -0.2) is 40.4 Å². The Hall–Kier alpha value is -3.37. The van der Waals surface area contributed by atoms with Crippen LogP contribution in [0.5, 0.6) is 11.5 Å². The number of esters is 1. The first kappa shape index (κ1) is 22.3. The summed E-state index contributed by atoms with van der Waals surface area (Å²) in [6, 6.07) is 12.9. The number of hydrogen-bond donors (Lipinski definition) is 1. The summed E-state index contributed by atoms with van der Waals surface area (Å²) < 4.78 is 48.9. The molecule has 3 rings (SSSR count). The predicted octanol–water partition coefficient (Wildman–Crippen LogP) is 3.01. The number of sulfonamides is 1. The third-order valence-electron chi connectivity index (χ3n) is 4.36. The molecule has 0 bridgehead atoms. The number of hydrogen-bond acceptors (Lipinski definition) is 8. The second-order valence-electron chi connectivity index (χ2n) is 6.34. The molecule has 0 fully saturated rings. The molecule has 31 heavy (non-hydrogen) atoms. The molecule has 0 aliphatic carbocycles. The van der Waals surface area contributed by atoms with Crippen LogP contribution < -0.4 is 14.2 Å². The molecule has 0 amide bonds. The van der Waals surface area contributed by atoms with Gasteiger partial charge in [-0.25, -0.2) is 17.9 Å². The first-order valence-corrected chi connectivity index (χ1v) is 10.8. The molecule has 0 aliphatic rings. The van der Waals surface area contributed by atoms with Crippen molar-refractivity contribution in [3.63, 3.8) is 0 Å². The van der Waals surface area contributed by atoms with Gasteiger partial charge in [0.1, 0.15) is 16.4 Å². The molecule has 0 spiro atoms. The quantitative estimate of drug-likeness (QED) is 0.499. The van der Waals surface area contributed by atoms with Gasteiger partial charge in [0, 0.05) is 18.2 Å². The van der Waals surface area contributed by atoms with Crippen LogP contribution in [0.2, 0.25) is 0 Å². The Morgan fingerprint density at radius 2 is 1.81 bits per heavy atom. The minimum Gasteiger partial charge on any atom is -0.497 e. The molecular weight excluding hydrogens is 424 g/mol. The summed E-state index contributed by atoms with van der Waals surface area (Å²) in [6.07, 6.45) is 0. The lowest BCUT2D eigenvalue weighted by Crippen LogP contribution is -2.23. The van der Waals surface area contributed by atoms with Crippen molar-refractivity contribution in [3.05, 3.63) is 59.8 Å². The monoisotopic (exact) mass is 446 g/mol. The van der Waals surface area contributed by atoms with Gasteiger partial charge in [-0.3, -0.25) is 0 Å². The molecule has 10 heteroatoms. The largest absolute Gasteiger partial charge is 0.497 e. The Morgan fingerprint density at radius 3 is 2.45 bits per heavy atom. The summed E-state index contributed by atoms with van der Waals surface area (Å²) in [5, 5.41) is 3.68. The summed E-state index contributed by atoms with van der Waals surface area (Å²) in [7, 11) is -0.989. The number of rotatable bonds is 9. The Balaban J connectivity index is 1.86. The normalized spacial score (nSPS) is 11.2. The van der Waals surface area contributed by atoms with E-state index in [1.54, 1.807) is 44.4 Å². The maximum Gasteiger partial charge on any atom is 0.360 e. The fourth-order valence-electron chi connectivity index (χ4n) is 2.75. The van der Waals surface area contributed by atoms with Crippen molar-refractivity contribution >= 4 is 16.0 Å². The highest BCUT2D eigenvalue weighted by molar-refractivity contribution is 7.89. The summed E-state index contributed by atoms with van der Waals surface area (Å²) >= 11 is 0. The number of carbonyl (C=O) groups is 1. The van der Waals surface area contributed by atoms with Gasteiger partial charge in [-0.15, -0.1) is 0 Å². The fourth-order valence-corrected chi connectivity index (χ4v) is 3.96. The number of carbonyl (C=O) groups excluding carboxylic acids is 1. The van der Waals surface area contributed by atoms with E-state index in [0.717, 1.165) is 5.56 Å². The lowest BCUT2D eigenvalue weighted by molar-refractivity contribution is 0.0514. The minimum absolute atomic E-state index is 0.00490. The zero-order valence-electron chi connectivity index (χ0n) is 17.2. The minimum atomic E-state index is -3.93. The Bertz CT molecular complexity index is 1150. The van der Waals surface area contributed by atoms with Gasteiger partial charge in [0.25, 0.3) is 0 Å². The van der Waals surface area contributed by atoms with E-state index in [0.29, 0.717) is 11.3 Å². The van der Waals surface area contributed by atoms with Gasteiger partial charge in [0.05, 0.1) is 20.8 Å². The van der Waals surface area contributed by atoms with E-state index >= 15 is 0 Å². The smallest absolute Gasteiger partial charge is 0.360 e. The molecule has 1 heterocycles. The molecule has 3 aromatic rings. The number of ether oxygens (including phenoxy) is 3. The van der Waals surface area contributed by atoms with E-state index in [1.165, 1.54) is 25.3 Å². The highest BCUT2D eigenvalue weighted by Gasteiger charge is 2.22. The molecule has 0 saturated carbocycles. The van der Waals surface area contributed by atoms with Crippen LogP contribution in [-0.2, 0) is 21.3 Å². The van der Waals surface area contributed by atoms with Crippen LogP contribution >= 0.6 is 0 Å². The molecule has 0 atom stereocenters. The van der Waals surface area contributed by atoms with Gasteiger partial charge < -0.3 is 18.7 Å². The van der Waals surface area contributed by atoms with E-state index < -0.39 is 16.0 Å². The van der Waals surface area contributed by atoms with E-state index in [2.05, 4.69) is 9.88 Å². The number of nitrogens with one attached hydrogen (secondary N) is 1. The number of benzene rings is 2. The van der Waals surface area contributed by atoms with E-state index in [1.807, 2.05) is 0 Å². The Labute approximate surface area is 180 Å². The highest BCUT2D eigenvalue weighted by atomic mass is 32.2. The zero-order chi connectivity index (χ0) is 22.4. The summed E-state index contributed by atoms with van der Waals surface area (Å²) in [6.45, 7) is 1.96. The average Bonchev–Trinajstić information content (AvgIpc) is 3.28. The van der Waals surface area contributed by atoms with Crippen molar-refractivity contribution in [1.29, 1.82) is 0 Å². The van der Waals surface area contributed by atoms with Crippen molar-refractivity contribution < 1.29 is 31.9 Å². The van der Waals surface area contributed by atoms with Crippen LogP contribution in [0.15, 0.2) is 57.9 Å². The van der Waals surface area contributed by atoms with Gasteiger partial charge in [-0.05, 0) is 42.8 Å². The molecule has 0 radical (unpaired) electrons. The number of aromatic nitrogens is 1. The first-order valence-electron chi connectivity index (χ1n) is 9.32. The van der Waals surface area contributed by atoms with E-state index in [4.69, 9.17) is 18.7 Å². The summed E-state index contributed by atoms with van der Waals surface area (Å²) in [5.74, 6) is 0.434. The van der Waals surface area contributed by atoms with Gasteiger partial charge in [-0.2, -0.15) is 0 Å². The number of nitrogens with zero attached hydrogens (tertiary/aromatic N) is 1. The SMILES string of the molecule is CCOC(=O)c1cc(-c2ccc(OC)c(S(=O)(=O)NCc3ccc(OC)cc3)c2)on1. The first-order chi connectivity index (χ1) is 14.9. The van der Waals surface area contributed by atoms with E-state index in [9.17, 15) is 13.2 Å². The third-order valence-corrected chi connectivity index (χ3v) is 5.78. The molecular formula is C21H22N2O7S. The molecule has 9 nitrogen and oxygen atoms in total. The highest BCUT2D eigenvalue weighted by Crippen LogP contribution is 2.30. The second-order valence-corrected chi connectivity index (χ2v) is 8.07. The maximum absolute atomic E-state index is 13.0. The van der Waals surface area contributed by atoms with Crippen LogP contribution in [0.4, 0.5) is 0 Å². The average molecular weight is 446 g/mol. The topological polar surface area (TPSA) is 117 Å². The van der Waals surface area contributed by atoms with Crippen LogP contribution in [0.25, 0.3) is 11.3 Å². The molecule has 0 aliphatic heterocycles. The Kier molecular flexibility index (Phi) is 6.93. The lowest BCUT2D eigenvalue weighted by Gasteiger charge is -2.12. The summed E-state index contributed by atoms with van der Waals surface area (Å²) in [4.78, 5) is 11.7. The van der Waals surface area contributed by atoms with Gasteiger partial charge in [-0.1, -0.05) is 17.3 Å². The molecule has 1 N–H and O–H groups in total. The third kappa shape index (κ3) is 5.22. The number of methoxy groups -OCH3 is 2. The van der Waals surface area contributed by atoms with Crippen LogP contribution in [0, 0.1) is 0 Å². The fraction of sp³-hybridized carbons (Fsp3) is 0.238. The van der Waals surface area contributed by atoms with Crippen molar-refractivity contribution in [2.75, 3.05) is 20.8 Å². The Morgan fingerprint density at radius 1 is 1.06 bits per heavy atom. The lowest BCUT2D eigenvalue weighted by atomic mass is 10.1. The van der Waals surface area contributed by atoms with Crippen molar-refractivity contribution in [2.24, 2.45) is 0 Å². The standard InChI is InChI=1S/C21H22N2O7S/c1-4-29-21(24)17-12-19(30-23-17)15-7-10-18(28-3)20(11-15)31(25,26)22-13-14-5-8-16(27-2)9-6-14/h5-12,22H,4,13H2,1-3H3. The van der Waals surface area contributed by atoms with Crippen molar-refractivity contribution in [3.8, 4) is 22.8 Å². The molecule has 2 aromatic carbocycles. The van der Waals surface area contributed by atoms with Crippen molar-refractivity contribution in [2.45, 2.75) is 18.4 Å².